The van der Waals surface area contributed by atoms with Crippen molar-refractivity contribution in [2.75, 3.05) is 0 Å². The summed E-state index contributed by atoms with van der Waals surface area (Å²) in [5, 5.41) is 8.76. The highest BCUT2D eigenvalue weighted by atomic mass is 32.1. The zero-order valence-electron chi connectivity index (χ0n) is 8.38. The molecule has 0 radical (unpaired) electrons. The normalized spacial score (nSPS) is 10.2. The molecule has 1 N–H and O–H groups in total. The summed E-state index contributed by atoms with van der Waals surface area (Å²) in [7, 11) is 0. The lowest BCUT2D eigenvalue weighted by molar-refractivity contribution is 0.0702. The summed E-state index contributed by atoms with van der Waals surface area (Å²) in [6, 6.07) is 4.30. The third kappa shape index (κ3) is 2.21. The van der Waals surface area contributed by atoms with Crippen molar-refractivity contribution in [1.29, 1.82) is 0 Å². The van der Waals surface area contributed by atoms with Crippen LogP contribution >= 0.6 is 11.3 Å². The molecule has 6 heteroatoms. The number of carboxylic acids is 1. The molecule has 0 aliphatic carbocycles. The summed E-state index contributed by atoms with van der Waals surface area (Å²) < 4.78 is 13.0. The number of thiophene rings is 1. The monoisotopic (exact) mass is 251 g/mol. The van der Waals surface area contributed by atoms with Gasteiger partial charge < -0.3 is 5.11 Å². The summed E-state index contributed by atoms with van der Waals surface area (Å²) >= 11 is 1.02. The number of aldehydes is 1. The van der Waals surface area contributed by atoms with Gasteiger partial charge in [-0.2, -0.15) is 0 Å². The van der Waals surface area contributed by atoms with Crippen LogP contribution in [0.2, 0.25) is 0 Å². The molecule has 2 aromatic heterocycles. The molecule has 2 aromatic rings. The molecule has 0 unspecified atom stereocenters. The van der Waals surface area contributed by atoms with Crippen LogP contribution in [0.1, 0.15) is 20.0 Å². The average Bonchev–Trinajstić information content (AvgIpc) is 2.79. The van der Waals surface area contributed by atoms with Crippen molar-refractivity contribution in [3.63, 3.8) is 0 Å². The summed E-state index contributed by atoms with van der Waals surface area (Å²) in [4.78, 5) is 25.8. The smallest absolute Gasteiger partial charge is 0.345 e. The molecule has 86 valence electrons. The van der Waals surface area contributed by atoms with E-state index in [1.54, 1.807) is 6.07 Å². The predicted octanol–water partition coefficient (Wildman–Crippen LogP) is 2.46. The molecule has 0 bridgehead atoms. The van der Waals surface area contributed by atoms with Crippen molar-refractivity contribution in [3.05, 3.63) is 40.7 Å². The second-order valence-electron chi connectivity index (χ2n) is 3.18. The van der Waals surface area contributed by atoms with E-state index in [2.05, 4.69) is 4.98 Å². The number of pyridine rings is 1. The molecule has 0 aliphatic heterocycles. The molecule has 0 saturated heterocycles. The van der Waals surface area contributed by atoms with E-state index in [1.165, 1.54) is 12.1 Å². The topological polar surface area (TPSA) is 67.3 Å². The van der Waals surface area contributed by atoms with Crippen molar-refractivity contribution < 1.29 is 19.1 Å². The van der Waals surface area contributed by atoms with Gasteiger partial charge in [0.1, 0.15) is 4.88 Å². The van der Waals surface area contributed by atoms with Crippen molar-refractivity contribution in [3.8, 4) is 10.6 Å². The van der Waals surface area contributed by atoms with Gasteiger partial charge in [-0.3, -0.25) is 9.78 Å². The van der Waals surface area contributed by atoms with Crippen molar-refractivity contribution in [1.82, 2.24) is 4.98 Å². The van der Waals surface area contributed by atoms with Crippen LogP contribution in [0.4, 0.5) is 4.39 Å². The highest BCUT2D eigenvalue weighted by Gasteiger charge is 2.11. The van der Waals surface area contributed by atoms with Gasteiger partial charge in [-0.05, 0) is 18.2 Å². The minimum Gasteiger partial charge on any atom is -0.477 e. The van der Waals surface area contributed by atoms with Gasteiger partial charge in [-0.1, -0.05) is 0 Å². The lowest BCUT2D eigenvalue weighted by atomic mass is 10.2. The van der Waals surface area contributed by atoms with Gasteiger partial charge in [-0.15, -0.1) is 11.3 Å². The molecule has 0 fully saturated rings. The number of rotatable bonds is 3. The lowest BCUT2D eigenvalue weighted by Crippen LogP contribution is -1.91. The number of carbonyl (C=O) groups excluding carboxylic acids is 1. The first kappa shape index (κ1) is 11.4. The fraction of sp³-hybridized carbons (Fsp3) is 0. The first-order valence-electron chi connectivity index (χ1n) is 4.56. The van der Waals surface area contributed by atoms with Gasteiger partial charge in [0.2, 0.25) is 0 Å². The zero-order chi connectivity index (χ0) is 12.4. The van der Waals surface area contributed by atoms with E-state index in [1.807, 2.05) is 0 Å². The molecule has 0 aliphatic rings. The molecule has 17 heavy (non-hydrogen) atoms. The van der Waals surface area contributed by atoms with Crippen molar-refractivity contribution in [2.24, 2.45) is 0 Å². The molecular weight excluding hydrogens is 245 g/mol. The van der Waals surface area contributed by atoms with E-state index in [-0.39, 0.29) is 10.4 Å². The number of carbonyl (C=O) groups is 2. The number of hydrogen-bond donors (Lipinski definition) is 1. The van der Waals surface area contributed by atoms with Crippen LogP contribution in [0.25, 0.3) is 10.6 Å². The van der Waals surface area contributed by atoms with Crippen LogP contribution in [0.5, 0.6) is 0 Å². The van der Waals surface area contributed by atoms with E-state index < -0.39 is 11.8 Å². The van der Waals surface area contributed by atoms with Crippen LogP contribution in [-0.4, -0.2) is 22.3 Å². The standard InChI is InChI=1S/C11H6FNO3S/c12-7-4-13-8(3-6(7)5-14)9-1-2-10(17-9)11(15)16/h1-5H,(H,15,16). The Kier molecular flexibility index (Phi) is 2.97. The van der Waals surface area contributed by atoms with E-state index in [4.69, 9.17) is 5.11 Å². The van der Waals surface area contributed by atoms with Gasteiger partial charge in [0.15, 0.2) is 12.1 Å². The fourth-order valence-corrected chi connectivity index (χ4v) is 2.08. The number of aromatic carboxylic acids is 1. The van der Waals surface area contributed by atoms with Gasteiger partial charge in [0.25, 0.3) is 0 Å². The molecule has 0 saturated carbocycles. The van der Waals surface area contributed by atoms with E-state index in [0.717, 1.165) is 17.5 Å². The largest absolute Gasteiger partial charge is 0.477 e. The SMILES string of the molecule is O=Cc1cc(-c2ccc(C(=O)O)s2)ncc1F. The van der Waals surface area contributed by atoms with Crippen LogP contribution in [0.15, 0.2) is 24.4 Å². The molecule has 0 atom stereocenters. The fourth-order valence-electron chi connectivity index (χ4n) is 1.27. The third-order valence-electron chi connectivity index (χ3n) is 2.08. The zero-order valence-corrected chi connectivity index (χ0v) is 9.20. The molecule has 2 heterocycles. The van der Waals surface area contributed by atoms with Gasteiger partial charge in [-0.25, -0.2) is 9.18 Å². The van der Waals surface area contributed by atoms with E-state index in [0.29, 0.717) is 16.9 Å². The second kappa shape index (κ2) is 4.42. The number of hydrogen-bond acceptors (Lipinski definition) is 4. The number of carboxylic acid groups (broad SMARTS) is 1. The lowest BCUT2D eigenvalue weighted by Gasteiger charge is -1.98. The molecular formula is C11H6FNO3S. The summed E-state index contributed by atoms with van der Waals surface area (Å²) in [5.41, 5.74) is 0.284. The Morgan fingerprint density at radius 3 is 2.82 bits per heavy atom. The Morgan fingerprint density at radius 1 is 1.47 bits per heavy atom. The van der Waals surface area contributed by atoms with Crippen LogP contribution in [0, 0.1) is 5.82 Å². The van der Waals surface area contributed by atoms with Gasteiger partial charge in [0.05, 0.1) is 22.3 Å². The number of halogens is 1. The quantitative estimate of drug-likeness (QED) is 0.851. The molecule has 0 spiro atoms. The van der Waals surface area contributed by atoms with Crippen LogP contribution in [-0.2, 0) is 0 Å². The van der Waals surface area contributed by atoms with Gasteiger partial charge >= 0.3 is 5.97 Å². The summed E-state index contributed by atoms with van der Waals surface area (Å²) in [6.45, 7) is 0. The van der Waals surface area contributed by atoms with Crippen LogP contribution < -0.4 is 0 Å². The Morgan fingerprint density at radius 2 is 2.24 bits per heavy atom. The first-order valence-corrected chi connectivity index (χ1v) is 5.37. The maximum absolute atomic E-state index is 13.0. The van der Waals surface area contributed by atoms with Crippen LogP contribution in [0.3, 0.4) is 0 Å². The number of nitrogens with zero attached hydrogens (tertiary/aromatic N) is 1. The predicted molar refractivity (Wildman–Crippen MR) is 59.9 cm³/mol. The molecule has 4 nitrogen and oxygen atoms in total. The maximum atomic E-state index is 13.0. The number of aromatic nitrogens is 1. The Bertz CT molecular complexity index is 594. The third-order valence-corrected chi connectivity index (χ3v) is 3.18. The summed E-state index contributed by atoms with van der Waals surface area (Å²) in [6.07, 6.45) is 1.34. The average molecular weight is 251 g/mol. The maximum Gasteiger partial charge on any atom is 0.345 e. The van der Waals surface area contributed by atoms with Gasteiger partial charge in [0, 0.05) is 0 Å². The minimum absolute atomic E-state index is 0.0970. The van der Waals surface area contributed by atoms with Crippen molar-refractivity contribution in [2.45, 2.75) is 0 Å². The summed E-state index contributed by atoms with van der Waals surface area (Å²) in [5.74, 6) is -1.72. The second-order valence-corrected chi connectivity index (χ2v) is 4.26. The van der Waals surface area contributed by atoms with E-state index in [9.17, 15) is 14.0 Å². The first-order chi connectivity index (χ1) is 8.11. The highest BCUT2D eigenvalue weighted by Crippen LogP contribution is 2.27. The van der Waals surface area contributed by atoms with Crippen molar-refractivity contribution >= 4 is 23.6 Å². The molecule has 2 rings (SSSR count). The van der Waals surface area contributed by atoms with E-state index >= 15 is 0 Å². The Hall–Kier alpha value is -2.08. The Balaban J connectivity index is 2.45. The molecule has 0 amide bonds. The molecule has 0 aromatic carbocycles. The highest BCUT2D eigenvalue weighted by molar-refractivity contribution is 7.17. The minimum atomic E-state index is -1.03. The Labute approximate surface area is 99.4 Å².